The van der Waals surface area contributed by atoms with E-state index in [1.807, 2.05) is 0 Å². The molecule has 3 fully saturated rings. The Hall–Kier alpha value is -1.09. The predicted octanol–water partition coefficient (Wildman–Crippen LogP) is 5.18. The van der Waals surface area contributed by atoms with Crippen LogP contribution in [0.4, 0.5) is 0 Å². The van der Waals surface area contributed by atoms with Crippen LogP contribution in [0.1, 0.15) is 65.7 Å². The van der Waals surface area contributed by atoms with Crippen molar-refractivity contribution in [3.8, 4) is 0 Å². The van der Waals surface area contributed by atoms with Crippen LogP contribution in [-0.4, -0.2) is 18.4 Å². The zero-order valence-corrected chi connectivity index (χ0v) is 16.8. The van der Waals surface area contributed by atoms with Gasteiger partial charge >= 0.3 is 5.97 Å². The summed E-state index contributed by atoms with van der Waals surface area (Å²) in [7, 11) is 0. The summed E-state index contributed by atoms with van der Waals surface area (Å²) in [5.74, 6) is 1.65. The highest BCUT2D eigenvalue weighted by atomic mass is 35.5. The zero-order valence-electron chi connectivity index (χ0n) is 16.0. The number of carbonyl (C=O) groups is 2. The van der Waals surface area contributed by atoms with E-state index in [4.69, 9.17) is 16.3 Å². The molecule has 4 aliphatic rings. The number of aldehydes is 1. The summed E-state index contributed by atoms with van der Waals surface area (Å²) in [6.45, 7) is 6.20. The summed E-state index contributed by atoms with van der Waals surface area (Å²) < 4.78 is 5.54. The van der Waals surface area contributed by atoms with Gasteiger partial charge in [-0.1, -0.05) is 37.1 Å². The van der Waals surface area contributed by atoms with E-state index in [0.29, 0.717) is 28.7 Å². The third-order valence-electron chi connectivity index (χ3n) is 8.14. The van der Waals surface area contributed by atoms with E-state index >= 15 is 0 Å². The molecule has 0 saturated heterocycles. The van der Waals surface area contributed by atoms with E-state index in [1.54, 1.807) is 0 Å². The molecular weight excluding hydrogens is 348 g/mol. The van der Waals surface area contributed by atoms with Crippen molar-refractivity contribution in [2.24, 2.45) is 28.6 Å². The van der Waals surface area contributed by atoms with Crippen molar-refractivity contribution in [3.63, 3.8) is 0 Å². The van der Waals surface area contributed by atoms with E-state index in [-0.39, 0.29) is 17.5 Å². The van der Waals surface area contributed by atoms with Gasteiger partial charge in [-0.15, -0.1) is 0 Å². The molecule has 4 heteroatoms. The Morgan fingerprint density at radius 2 is 2.00 bits per heavy atom. The van der Waals surface area contributed by atoms with Crippen LogP contribution >= 0.6 is 11.6 Å². The highest BCUT2D eigenvalue weighted by Crippen LogP contribution is 2.66. The quantitative estimate of drug-likeness (QED) is 0.492. The number of carbonyl (C=O) groups excluding carboxylic acids is 2. The van der Waals surface area contributed by atoms with Crippen LogP contribution in [0.3, 0.4) is 0 Å². The summed E-state index contributed by atoms with van der Waals surface area (Å²) in [5, 5.41) is 0.756. The van der Waals surface area contributed by atoms with E-state index in [1.165, 1.54) is 25.3 Å². The van der Waals surface area contributed by atoms with E-state index in [2.05, 4.69) is 19.9 Å². The minimum Gasteiger partial charge on any atom is -0.463 e. The van der Waals surface area contributed by atoms with Gasteiger partial charge in [-0.25, -0.2) is 0 Å². The van der Waals surface area contributed by atoms with Crippen molar-refractivity contribution in [3.05, 3.63) is 22.3 Å². The van der Waals surface area contributed by atoms with Gasteiger partial charge in [0.2, 0.25) is 0 Å². The lowest BCUT2D eigenvalue weighted by Crippen LogP contribution is -2.51. The molecule has 0 aromatic carbocycles. The van der Waals surface area contributed by atoms with Gasteiger partial charge < -0.3 is 4.74 Å². The Bertz CT molecular complexity index is 708. The highest BCUT2D eigenvalue weighted by Gasteiger charge is 2.57. The number of rotatable bonds is 2. The fourth-order valence-corrected chi connectivity index (χ4v) is 7.04. The van der Waals surface area contributed by atoms with Gasteiger partial charge in [0.15, 0.2) is 6.29 Å². The summed E-state index contributed by atoms with van der Waals surface area (Å²) in [6, 6.07) is 0. The van der Waals surface area contributed by atoms with Gasteiger partial charge in [0.05, 0.1) is 0 Å². The molecule has 0 bridgehead atoms. The Labute approximate surface area is 161 Å². The second-order valence-electron chi connectivity index (χ2n) is 9.36. The Kier molecular flexibility index (Phi) is 4.38. The lowest BCUT2D eigenvalue weighted by atomic mass is 9.46. The van der Waals surface area contributed by atoms with Gasteiger partial charge in [0, 0.05) is 22.9 Å². The molecule has 0 N–H and O–H groups in total. The summed E-state index contributed by atoms with van der Waals surface area (Å²) in [5.41, 5.74) is 2.27. The molecule has 6 atom stereocenters. The normalized spacial score (nSPS) is 44.5. The van der Waals surface area contributed by atoms with Crippen LogP contribution in [0.5, 0.6) is 0 Å². The van der Waals surface area contributed by atoms with Crippen LogP contribution in [0.25, 0.3) is 0 Å². The van der Waals surface area contributed by atoms with Crippen molar-refractivity contribution in [2.45, 2.75) is 71.8 Å². The predicted molar refractivity (Wildman–Crippen MR) is 102 cm³/mol. The zero-order chi connectivity index (χ0) is 18.7. The molecule has 3 saturated carbocycles. The molecule has 0 amide bonds. The molecule has 0 heterocycles. The average Bonchev–Trinajstić information content (AvgIpc) is 2.86. The molecule has 142 valence electrons. The molecule has 0 spiro atoms. The van der Waals surface area contributed by atoms with Gasteiger partial charge in [-0.05, 0) is 68.1 Å². The van der Waals surface area contributed by atoms with Crippen molar-refractivity contribution in [2.75, 3.05) is 0 Å². The molecule has 2 unspecified atom stereocenters. The second-order valence-corrected chi connectivity index (χ2v) is 9.73. The fraction of sp³-hybridized carbons (Fsp3) is 0.727. The SMILES string of the molecule is CC(=O)O[C@H]1CC[C@@]2(C)C(CC[C@H]3C4=CC(C=O)=C(Cl)[C@@]4(C)CCC32)C1. The maximum atomic E-state index is 11.5. The monoisotopic (exact) mass is 376 g/mol. The maximum Gasteiger partial charge on any atom is 0.302 e. The second kappa shape index (κ2) is 6.22. The summed E-state index contributed by atoms with van der Waals surface area (Å²) in [6.07, 6.45) is 10.8. The molecule has 0 aliphatic heterocycles. The molecule has 0 radical (unpaired) electrons. The molecular formula is C22H29ClO3. The molecule has 0 aromatic heterocycles. The van der Waals surface area contributed by atoms with Crippen LogP contribution in [0.2, 0.25) is 0 Å². The minimum atomic E-state index is -0.154. The Morgan fingerprint density at radius 3 is 2.69 bits per heavy atom. The molecule has 0 aromatic rings. The third-order valence-corrected chi connectivity index (χ3v) is 8.78. The van der Waals surface area contributed by atoms with Crippen LogP contribution in [-0.2, 0) is 14.3 Å². The van der Waals surface area contributed by atoms with Gasteiger partial charge in [-0.2, -0.15) is 0 Å². The first kappa shape index (κ1) is 18.3. The number of hydrogen-bond acceptors (Lipinski definition) is 3. The topological polar surface area (TPSA) is 43.4 Å². The molecule has 4 aliphatic carbocycles. The molecule has 3 nitrogen and oxygen atoms in total. The summed E-state index contributed by atoms with van der Waals surface area (Å²) >= 11 is 6.61. The fourth-order valence-electron chi connectivity index (χ4n) is 6.74. The Balaban J connectivity index is 1.59. The first-order valence-corrected chi connectivity index (χ1v) is 10.4. The Morgan fingerprint density at radius 1 is 1.23 bits per heavy atom. The number of halogens is 1. The van der Waals surface area contributed by atoms with Crippen LogP contribution in [0, 0.1) is 28.6 Å². The first-order chi connectivity index (χ1) is 12.3. The highest BCUT2D eigenvalue weighted by molar-refractivity contribution is 6.33. The molecule has 26 heavy (non-hydrogen) atoms. The third kappa shape index (κ3) is 2.53. The van der Waals surface area contributed by atoms with Crippen LogP contribution in [0.15, 0.2) is 22.3 Å². The number of allylic oxidation sites excluding steroid dienone is 4. The van der Waals surface area contributed by atoms with Crippen molar-refractivity contribution in [1.29, 1.82) is 0 Å². The molecule has 4 rings (SSSR count). The minimum absolute atomic E-state index is 0.0967. The van der Waals surface area contributed by atoms with Crippen molar-refractivity contribution < 1.29 is 14.3 Å². The van der Waals surface area contributed by atoms with Crippen molar-refractivity contribution in [1.82, 2.24) is 0 Å². The average molecular weight is 377 g/mol. The van der Waals surface area contributed by atoms with Gasteiger partial charge in [-0.3, -0.25) is 9.59 Å². The largest absolute Gasteiger partial charge is 0.463 e. The van der Waals surface area contributed by atoms with Crippen LogP contribution < -0.4 is 0 Å². The first-order valence-electron chi connectivity index (χ1n) is 10.0. The van der Waals surface area contributed by atoms with Gasteiger partial charge in [0.1, 0.15) is 6.10 Å². The lowest BCUT2D eigenvalue weighted by molar-refractivity contribution is -0.154. The van der Waals surface area contributed by atoms with E-state index < -0.39 is 0 Å². The number of ether oxygens (including phenoxy) is 1. The van der Waals surface area contributed by atoms with Gasteiger partial charge in [0.25, 0.3) is 0 Å². The lowest BCUT2D eigenvalue weighted by Gasteiger charge is -2.59. The van der Waals surface area contributed by atoms with Crippen molar-refractivity contribution >= 4 is 23.9 Å². The standard InChI is InChI=1S/C22H29ClO3/c1-13(25)26-16-6-8-21(2)15(11-16)4-5-17-18(21)7-9-22(3)19(17)10-14(12-24)20(22)23/h10,12,15-18H,4-9,11H2,1-3H3/t15?,16-,17+,18?,21-,22-/m0/s1. The maximum absolute atomic E-state index is 11.5. The summed E-state index contributed by atoms with van der Waals surface area (Å²) in [4.78, 5) is 22.8. The van der Waals surface area contributed by atoms with E-state index in [9.17, 15) is 9.59 Å². The number of esters is 1. The van der Waals surface area contributed by atoms with E-state index in [0.717, 1.165) is 43.4 Å². The number of hydrogen-bond donors (Lipinski definition) is 0. The smallest absolute Gasteiger partial charge is 0.302 e. The number of fused-ring (bicyclic) bond motifs is 5.